The minimum atomic E-state index is -0.363. The average Bonchev–Trinajstić information content (AvgIpc) is 2.98. The summed E-state index contributed by atoms with van der Waals surface area (Å²) in [5, 5.41) is 20.1. The number of para-hydroxylation sites is 1. The SMILES string of the molecule is C/C=C(\OCC)[C@H](NC1=CC(=O)C1)C(C)C.C=C.CC.CN(C(=O)c1cccc(N)c1O)c1ccccn1.CO. The number of pyridine rings is 1. The minimum absolute atomic E-state index is 0.156. The van der Waals surface area contributed by atoms with Crippen LogP contribution in [-0.4, -0.2) is 53.7 Å². The van der Waals surface area contributed by atoms with Gasteiger partial charge in [0.25, 0.3) is 5.91 Å². The number of aliphatic hydroxyl groups is 1. The molecule has 1 aliphatic carbocycles. The summed E-state index contributed by atoms with van der Waals surface area (Å²) >= 11 is 0. The van der Waals surface area contributed by atoms with E-state index in [2.05, 4.69) is 37.3 Å². The van der Waals surface area contributed by atoms with Crippen LogP contribution < -0.4 is 16.0 Å². The van der Waals surface area contributed by atoms with Crippen molar-refractivity contribution in [3.05, 3.63) is 84.9 Å². The Bertz CT molecular complexity index is 1070. The van der Waals surface area contributed by atoms with E-state index in [0.29, 0.717) is 24.8 Å². The van der Waals surface area contributed by atoms with Gasteiger partial charge in [-0.1, -0.05) is 39.8 Å². The molecule has 1 heterocycles. The van der Waals surface area contributed by atoms with Crippen molar-refractivity contribution in [3.63, 3.8) is 0 Å². The molecule has 2 aromatic rings. The number of allylic oxidation sites excluding steroid dienone is 3. The Morgan fingerprint density at radius 3 is 2.25 bits per heavy atom. The third-order valence-corrected chi connectivity index (χ3v) is 5.20. The fourth-order valence-electron chi connectivity index (χ4n) is 3.30. The molecule has 9 heteroatoms. The lowest BCUT2D eigenvalue weighted by molar-refractivity contribution is -0.115. The van der Waals surface area contributed by atoms with Gasteiger partial charge < -0.3 is 26.0 Å². The fourth-order valence-corrected chi connectivity index (χ4v) is 3.30. The second kappa shape index (κ2) is 21.8. The van der Waals surface area contributed by atoms with E-state index in [-0.39, 0.29) is 34.7 Å². The maximum Gasteiger partial charge on any atom is 0.263 e. The Morgan fingerprint density at radius 1 is 1.20 bits per heavy atom. The molecule has 9 nitrogen and oxygen atoms in total. The number of phenols is 1. The number of aliphatic hydroxyl groups excluding tert-OH is 1. The second-order valence-corrected chi connectivity index (χ2v) is 8.10. The second-order valence-electron chi connectivity index (χ2n) is 8.10. The number of hydrogen-bond donors (Lipinski definition) is 4. The number of carbonyl (C=O) groups excluding carboxylic acids is 2. The largest absolute Gasteiger partial charge is 0.505 e. The number of rotatable bonds is 8. The minimum Gasteiger partial charge on any atom is -0.505 e. The number of nitrogens with two attached hydrogens (primary N) is 1. The van der Waals surface area contributed by atoms with Gasteiger partial charge in [0.05, 0.1) is 30.3 Å². The zero-order valence-corrected chi connectivity index (χ0v) is 25.3. The first-order valence-corrected chi connectivity index (χ1v) is 13.2. The number of carbonyl (C=O) groups is 2. The molecule has 1 aromatic carbocycles. The van der Waals surface area contributed by atoms with Gasteiger partial charge in [-0.3, -0.25) is 14.5 Å². The molecule has 0 radical (unpaired) electrons. The zero-order valence-electron chi connectivity index (χ0n) is 25.3. The summed E-state index contributed by atoms with van der Waals surface area (Å²) in [6.45, 7) is 18.9. The molecule has 0 fully saturated rings. The number of anilines is 2. The Hall–Kier alpha value is -4.11. The van der Waals surface area contributed by atoms with Crippen LogP contribution in [0.1, 0.15) is 58.3 Å². The van der Waals surface area contributed by atoms with E-state index in [4.69, 9.17) is 15.6 Å². The third kappa shape index (κ3) is 12.2. The Morgan fingerprint density at radius 2 is 1.80 bits per heavy atom. The molecule has 5 N–H and O–H groups in total. The van der Waals surface area contributed by atoms with Crippen LogP contribution in [0.15, 0.2) is 79.4 Å². The average molecular weight is 557 g/mol. The Balaban J connectivity index is 0. The molecule has 0 saturated carbocycles. The number of ketones is 1. The fraction of sp³-hybridized carbons (Fsp3) is 0.387. The van der Waals surface area contributed by atoms with Gasteiger partial charge in [0, 0.05) is 32.1 Å². The lowest BCUT2D eigenvalue weighted by Crippen LogP contribution is -2.38. The van der Waals surface area contributed by atoms with Crippen LogP contribution in [0.3, 0.4) is 0 Å². The normalized spacial score (nSPS) is 12.1. The van der Waals surface area contributed by atoms with Crippen LogP contribution in [0.2, 0.25) is 0 Å². The number of nitrogens with zero attached hydrogens (tertiary/aromatic N) is 2. The van der Waals surface area contributed by atoms with Crippen molar-refractivity contribution in [2.75, 3.05) is 31.4 Å². The van der Waals surface area contributed by atoms with Crippen LogP contribution in [0.5, 0.6) is 5.75 Å². The number of hydrogen-bond acceptors (Lipinski definition) is 8. The maximum absolute atomic E-state index is 12.2. The highest BCUT2D eigenvalue weighted by Crippen LogP contribution is 2.26. The molecule has 3 rings (SSSR count). The van der Waals surface area contributed by atoms with Gasteiger partial charge in [-0.15, -0.1) is 13.2 Å². The lowest BCUT2D eigenvalue weighted by atomic mass is 9.98. The van der Waals surface area contributed by atoms with Crippen molar-refractivity contribution < 1.29 is 24.5 Å². The lowest BCUT2D eigenvalue weighted by Gasteiger charge is -2.29. The summed E-state index contributed by atoms with van der Waals surface area (Å²) in [5.41, 5.74) is 6.91. The van der Waals surface area contributed by atoms with Crippen LogP contribution in [-0.2, 0) is 9.53 Å². The predicted molar refractivity (Wildman–Crippen MR) is 165 cm³/mol. The molecular weight excluding hydrogens is 508 g/mol. The first kappa shape index (κ1) is 38.0. The topological polar surface area (TPSA) is 138 Å². The van der Waals surface area contributed by atoms with Crippen molar-refractivity contribution in [2.45, 2.75) is 54.0 Å². The number of benzene rings is 1. The molecule has 0 aliphatic heterocycles. The number of aromatic hydroxyl groups is 1. The summed E-state index contributed by atoms with van der Waals surface area (Å²) in [5.74, 6) is 1.52. The van der Waals surface area contributed by atoms with E-state index in [9.17, 15) is 14.7 Å². The maximum atomic E-state index is 12.2. The van der Waals surface area contributed by atoms with Gasteiger partial charge in [0.15, 0.2) is 11.5 Å². The van der Waals surface area contributed by atoms with Crippen molar-refractivity contribution in [1.29, 1.82) is 0 Å². The van der Waals surface area contributed by atoms with E-state index in [1.807, 2.05) is 33.8 Å². The Kier molecular flexibility index (Phi) is 20.7. The van der Waals surface area contributed by atoms with Crippen LogP contribution in [0, 0.1) is 5.92 Å². The molecule has 222 valence electrons. The van der Waals surface area contributed by atoms with Gasteiger partial charge in [0.1, 0.15) is 11.6 Å². The summed E-state index contributed by atoms with van der Waals surface area (Å²) in [4.78, 5) is 28.5. The standard InChI is InChI=1S/C13H13N3O2.C13H21NO2.C2H6.C2H4.CH4O/c1-16(11-7-2-3-8-15-11)13(18)9-5-4-6-10(14)12(9)17;1-5-12(16-6-2)13(9(3)4)14-10-7-11(15)8-10;3*1-2/h2-8,17H,14H2,1H3;5,7,9,13-14H,6,8H2,1-4H3;1-2H3;1-2H2;2H,1H3/b;12-5-;;;/t;13-;;;/m.1.../s1. The monoisotopic (exact) mass is 556 g/mol. The van der Waals surface area contributed by atoms with Crippen molar-refractivity contribution in [3.8, 4) is 5.75 Å². The van der Waals surface area contributed by atoms with Gasteiger partial charge in [-0.25, -0.2) is 4.98 Å². The number of aromatic nitrogens is 1. The zero-order chi connectivity index (χ0) is 31.3. The number of amides is 1. The van der Waals surface area contributed by atoms with E-state index in [1.54, 1.807) is 43.6 Å². The van der Waals surface area contributed by atoms with Crippen LogP contribution >= 0.6 is 0 Å². The number of nitrogen functional groups attached to an aromatic ring is 1. The molecule has 40 heavy (non-hydrogen) atoms. The van der Waals surface area contributed by atoms with E-state index >= 15 is 0 Å². The summed E-state index contributed by atoms with van der Waals surface area (Å²) in [6.07, 6.45) is 5.78. The molecule has 0 spiro atoms. The first-order valence-electron chi connectivity index (χ1n) is 13.2. The quantitative estimate of drug-likeness (QED) is 0.145. The molecule has 0 saturated heterocycles. The summed E-state index contributed by atoms with van der Waals surface area (Å²) in [6, 6.07) is 10.1. The van der Waals surface area contributed by atoms with E-state index < -0.39 is 0 Å². The molecule has 1 aromatic heterocycles. The highest BCUT2D eigenvalue weighted by atomic mass is 16.5. The summed E-state index contributed by atoms with van der Waals surface area (Å²) in [7, 11) is 2.59. The van der Waals surface area contributed by atoms with Gasteiger partial charge in [0.2, 0.25) is 0 Å². The van der Waals surface area contributed by atoms with E-state index in [0.717, 1.165) is 18.6 Å². The highest BCUT2D eigenvalue weighted by molar-refractivity contribution is 6.07. The first-order chi connectivity index (χ1) is 19.2. The Labute approximate surface area is 240 Å². The van der Waals surface area contributed by atoms with E-state index in [1.165, 1.54) is 17.0 Å². The van der Waals surface area contributed by atoms with Crippen LogP contribution in [0.25, 0.3) is 0 Å². The van der Waals surface area contributed by atoms with Gasteiger partial charge >= 0.3 is 0 Å². The van der Waals surface area contributed by atoms with Gasteiger partial charge in [-0.2, -0.15) is 0 Å². The van der Waals surface area contributed by atoms with Gasteiger partial charge in [-0.05, 0) is 50.1 Å². The molecule has 1 atom stereocenters. The molecule has 1 aliphatic rings. The number of nitrogens with one attached hydrogen (secondary N) is 1. The molecular formula is C31H48N4O5. The predicted octanol–water partition coefficient (Wildman–Crippen LogP) is 5.48. The molecule has 1 amide bonds. The third-order valence-electron chi connectivity index (χ3n) is 5.20. The van der Waals surface area contributed by atoms with Crippen LogP contribution in [0.4, 0.5) is 11.5 Å². The number of ether oxygens (including phenoxy) is 1. The smallest absolute Gasteiger partial charge is 0.263 e. The number of phenolic OH excluding ortho intramolecular Hbond substituents is 1. The highest BCUT2D eigenvalue weighted by Gasteiger charge is 2.24. The summed E-state index contributed by atoms with van der Waals surface area (Å²) < 4.78 is 5.60. The molecule has 0 unspecified atom stereocenters. The van der Waals surface area contributed by atoms with Crippen molar-refractivity contribution in [2.24, 2.45) is 5.92 Å². The molecule has 0 bridgehead atoms. The van der Waals surface area contributed by atoms with Crippen molar-refractivity contribution >= 4 is 23.2 Å². The van der Waals surface area contributed by atoms with Crippen molar-refractivity contribution in [1.82, 2.24) is 10.3 Å².